The van der Waals surface area contributed by atoms with Crippen molar-refractivity contribution in [2.24, 2.45) is 0 Å². The Labute approximate surface area is 378 Å². The van der Waals surface area contributed by atoms with E-state index in [1.807, 2.05) is 0 Å². The first-order chi connectivity index (χ1) is 31.7. The number of benzene rings is 10. The first kappa shape index (κ1) is 40.1. The molecule has 2 heteroatoms. The lowest BCUT2D eigenvalue weighted by Gasteiger charge is -2.31. The van der Waals surface area contributed by atoms with Crippen LogP contribution >= 0.6 is 0 Å². The van der Waals surface area contributed by atoms with Gasteiger partial charge in [-0.25, -0.2) is 0 Å². The van der Waals surface area contributed by atoms with E-state index < -0.39 is 8.07 Å². The van der Waals surface area contributed by atoms with Gasteiger partial charge in [0.15, 0.2) is 8.07 Å². The van der Waals surface area contributed by atoms with Gasteiger partial charge in [-0.05, 0) is 90.9 Å². The van der Waals surface area contributed by atoms with E-state index in [1.54, 1.807) is 0 Å². The van der Waals surface area contributed by atoms with Crippen molar-refractivity contribution < 1.29 is 0 Å². The highest BCUT2D eigenvalue weighted by molar-refractivity contribution is 7.15. The van der Waals surface area contributed by atoms with E-state index in [-0.39, 0.29) is 0 Å². The van der Waals surface area contributed by atoms with Crippen LogP contribution in [-0.2, 0) is 0 Å². The fourth-order valence-corrected chi connectivity index (χ4v) is 13.2. The first-order valence-corrected chi connectivity index (χ1v) is 24.1. The molecular weight excluding hydrogens is 787 g/mol. The lowest BCUT2D eigenvalue weighted by Crippen LogP contribution is -2.66. The van der Waals surface area contributed by atoms with Gasteiger partial charge >= 0.3 is 0 Å². The zero-order valence-corrected chi connectivity index (χ0v) is 36.6. The van der Waals surface area contributed by atoms with E-state index in [1.165, 1.54) is 43.4 Å². The third-order valence-electron chi connectivity index (χ3n) is 12.2. The maximum atomic E-state index is 2.51. The van der Waals surface area contributed by atoms with Gasteiger partial charge < -0.3 is 4.90 Å². The lowest BCUT2D eigenvalue weighted by molar-refractivity contribution is 1.28. The first-order valence-electron chi connectivity index (χ1n) is 22.0. The molecule has 10 rings (SSSR count). The van der Waals surface area contributed by atoms with Crippen LogP contribution in [0.1, 0.15) is 5.56 Å². The Hall–Kier alpha value is -8.04. The highest BCUT2D eigenvalue weighted by atomic mass is 28.3. The van der Waals surface area contributed by atoms with E-state index in [4.69, 9.17) is 0 Å². The summed E-state index contributed by atoms with van der Waals surface area (Å²) in [4.78, 5) is 2.43. The molecule has 0 aliphatic rings. The molecular formula is C62H47NSi. The zero-order chi connectivity index (χ0) is 43.0. The Bertz CT molecular complexity index is 2920. The molecule has 0 aliphatic heterocycles. The Morgan fingerprint density at radius 1 is 0.281 bits per heavy atom. The standard InChI is InChI=1S/C62H47NSi/c1-8-22-49(23-9-1)54-46-60(52-24-10-2-11-25-52)62(61(47-54)53-26-12-3-13-27-53)63(55-28-14-4-15-29-55)56-42-40-51(41-43-56)50-38-36-48(37-39-50)44-45-64(57-30-16-5-17-31-57,58-32-18-6-19-33-58)59-34-20-7-21-35-59/h1-47H. The number of hydrogen-bond acceptors (Lipinski definition) is 1. The summed E-state index contributed by atoms with van der Waals surface area (Å²) < 4.78 is 0. The summed E-state index contributed by atoms with van der Waals surface area (Å²) in [6.07, 6.45) is 2.33. The predicted octanol–water partition coefficient (Wildman–Crippen LogP) is 14.5. The molecule has 0 heterocycles. The lowest BCUT2D eigenvalue weighted by atomic mass is 9.89. The highest BCUT2D eigenvalue weighted by Crippen LogP contribution is 2.48. The van der Waals surface area contributed by atoms with Crippen LogP contribution in [0, 0.1) is 0 Å². The summed E-state index contributed by atoms with van der Waals surface area (Å²) in [6, 6.07) is 99.0. The number of rotatable bonds is 12. The molecule has 0 saturated heterocycles. The van der Waals surface area contributed by atoms with Crippen molar-refractivity contribution in [3.63, 3.8) is 0 Å². The molecule has 0 radical (unpaired) electrons. The molecule has 0 atom stereocenters. The van der Waals surface area contributed by atoms with Crippen molar-refractivity contribution in [1.29, 1.82) is 0 Å². The predicted molar refractivity (Wildman–Crippen MR) is 276 cm³/mol. The van der Waals surface area contributed by atoms with Crippen LogP contribution in [0.3, 0.4) is 0 Å². The highest BCUT2D eigenvalue weighted by Gasteiger charge is 2.36. The molecule has 0 spiro atoms. The van der Waals surface area contributed by atoms with Gasteiger partial charge in [-0.1, -0.05) is 248 Å². The molecule has 64 heavy (non-hydrogen) atoms. The van der Waals surface area contributed by atoms with E-state index in [9.17, 15) is 0 Å². The van der Waals surface area contributed by atoms with Gasteiger partial charge in [0.2, 0.25) is 0 Å². The Balaban J connectivity index is 1.05. The fourth-order valence-electron chi connectivity index (χ4n) is 9.04. The summed E-state index contributed by atoms with van der Waals surface area (Å²) in [7, 11) is -2.51. The van der Waals surface area contributed by atoms with Gasteiger partial charge in [0.05, 0.1) is 5.69 Å². The maximum absolute atomic E-state index is 2.51. The van der Waals surface area contributed by atoms with E-state index in [0.717, 1.165) is 39.3 Å². The Kier molecular flexibility index (Phi) is 11.6. The van der Waals surface area contributed by atoms with Crippen molar-refractivity contribution in [1.82, 2.24) is 0 Å². The van der Waals surface area contributed by atoms with E-state index in [2.05, 4.69) is 290 Å². The molecule has 0 amide bonds. The molecule has 10 aromatic rings. The second-order valence-corrected chi connectivity index (χ2v) is 19.8. The molecule has 0 bridgehead atoms. The fraction of sp³-hybridized carbons (Fsp3) is 0. The quantitative estimate of drug-likeness (QED) is 0.0875. The molecule has 0 aromatic heterocycles. The van der Waals surface area contributed by atoms with Gasteiger partial charge in [-0.3, -0.25) is 0 Å². The molecule has 10 aromatic carbocycles. The van der Waals surface area contributed by atoms with Crippen LogP contribution in [-0.4, -0.2) is 8.07 Å². The molecule has 1 nitrogen and oxygen atoms in total. The second kappa shape index (κ2) is 18.5. The zero-order valence-electron chi connectivity index (χ0n) is 35.6. The summed E-state index contributed by atoms with van der Waals surface area (Å²) >= 11 is 0. The Morgan fingerprint density at radius 3 is 1.03 bits per heavy atom. The number of hydrogen-bond donors (Lipinski definition) is 0. The smallest absolute Gasteiger partial charge is 0.172 e. The minimum absolute atomic E-state index is 1.08. The third kappa shape index (κ3) is 8.19. The SMILES string of the molecule is C(=C[Si](c1ccccc1)(c1ccccc1)c1ccccc1)c1ccc(-c2ccc(N(c3ccccc3)c3c(-c4ccccc4)cc(-c4ccccc4)cc3-c3ccccc3)cc2)cc1. The van der Waals surface area contributed by atoms with Gasteiger partial charge in [-0.2, -0.15) is 0 Å². The van der Waals surface area contributed by atoms with Crippen molar-refractivity contribution >= 4 is 46.8 Å². The molecule has 0 fully saturated rings. The van der Waals surface area contributed by atoms with Crippen LogP contribution in [0.2, 0.25) is 0 Å². The average molecular weight is 834 g/mol. The summed E-state index contributed by atoms with van der Waals surface area (Å²) in [5.41, 5.74) is 16.4. The van der Waals surface area contributed by atoms with Crippen molar-refractivity contribution in [2.75, 3.05) is 4.90 Å². The second-order valence-electron chi connectivity index (χ2n) is 16.1. The number of para-hydroxylation sites is 1. The van der Waals surface area contributed by atoms with Crippen LogP contribution < -0.4 is 20.5 Å². The molecule has 0 aliphatic carbocycles. The molecule has 0 unspecified atom stereocenters. The van der Waals surface area contributed by atoms with Crippen LogP contribution in [0.4, 0.5) is 17.1 Å². The summed E-state index contributed by atoms with van der Waals surface area (Å²) in [5.74, 6) is 0. The summed E-state index contributed by atoms with van der Waals surface area (Å²) in [6.45, 7) is 0. The molecule has 0 N–H and O–H groups in total. The van der Waals surface area contributed by atoms with Gasteiger partial charge in [0.1, 0.15) is 0 Å². The number of anilines is 3. The maximum Gasteiger partial charge on any atom is 0.172 e. The van der Waals surface area contributed by atoms with Crippen molar-refractivity contribution in [2.45, 2.75) is 0 Å². The van der Waals surface area contributed by atoms with Crippen LogP contribution in [0.5, 0.6) is 0 Å². The minimum Gasteiger partial charge on any atom is -0.309 e. The van der Waals surface area contributed by atoms with Crippen LogP contribution in [0.15, 0.2) is 279 Å². The van der Waals surface area contributed by atoms with Crippen molar-refractivity contribution in [3.8, 4) is 44.5 Å². The molecule has 0 saturated carbocycles. The topological polar surface area (TPSA) is 3.24 Å². The third-order valence-corrected chi connectivity index (χ3v) is 16.6. The Morgan fingerprint density at radius 2 is 0.609 bits per heavy atom. The minimum atomic E-state index is -2.51. The van der Waals surface area contributed by atoms with E-state index in [0.29, 0.717) is 0 Å². The van der Waals surface area contributed by atoms with Gasteiger partial charge in [-0.15, -0.1) is 0 Å². The van der Waals surface area contributed by atoms with Crippen LogP contribution in [0.25, 0.3) is 50.6 Å². The monoisotopic (exact) mass is 833 g/mol. The largest absolute Gasteiger partial charge is 0.309 e. The number of nitrogens with zero attached hydrogens (tertiary/aromatic N) is 1. The van der Waals surface area contributed by atoms with E-state index >= 15 is 0 Å². The van der Waals surface area contributed by atoms with Gasteiger partial charge in [0.25, 0.3) is 0 Å². The molecule has 304 valence electrons. The summed E-state index contributed by atoms with van der Waals surface area (Å²) in [5, 5.41) is 4.09. The van der Waals surface area contributed by atoms with Gasteiger partial charge in [0, 0.05) is 22.5 Å². The average Bonchev–Trinajstić information content (AvgIpc) is 3.39. The van der Waals surface area contributed by atoms with Crippen molar-refractivity contribution in [3.05, 3.63) is 284 Å². The normalized spacial score (nSPS) is 11.4.